The van der Waals surface area contributed by atoms with Crippen LogP contribution in [0.3, 0.4) is 0 Å². The average molecular weight is 195 g/mol. The van der Waals surface area contributed by atoms with Crippen LogP contribution < -0.4 is 0 Å². The Kier molecular flexibility index (Phi) is 3.95. The monoisotopic (exact) mass is 195 g/mol. The van der Waals surface area contributed by atoms with Crippen molar-refractivity contribution in [2.75, 3.05) is 6.61 Å². The van der Waals surface area contributed by atoms with Crippen LogP contribution in [-0.4, -0.2) is 12.7 Å². The highest BCUT2D eigenvalue weighted by atomic mass is 16.5. The topological polar surface area (TPSA) is 33.0 Å². The van der Waals surface area contributed by atoms with Crippen molar-refractivity contribution in [3.05, 3.63) is 0 Å². The second kappa shape index (κ2) is 4.79. The number of nitrogens with zero attached hydrogens (tertiary/aromatic N) is 1. The van der Waals surface area contributed by atoms with Crippen LogP contribution in [0.5, 0.6) is 0 Å². The Morgan fingerprint density at radius 1 is 1.57 bits per heavy atom. The number of ether oxygens (including phenoxy) is 1. The standard InChI is InChI=1S/C12H21NO/c1-10(2)14-7-6-12(9-13)5-4-11(3)8-12/h10-11H,4-8H2,1-3H3. The molecule has 0 saturated heterocycles. The third-order valence-corrected chi connectivity index (χ3v) is 3.12. The smallest absolute Gasteiger partial charge is 0.0690 e. The van der Waals surface area contributed by atoms with Crippen LogP contribution >= 0.6 is 0 Å². The molecule has 0 aliphatic heterocycles. The zero-order valence-corrected chi connectivity index (χ0v) is 9.55. The molecule has 0 bridgehead atoms. The van der Waals surface area contributed by atoms with Crippen molar-refractivity contribution in [3.63, 3.8) is 0 Å². The highest BCUT2D eigenvalue weighted by molar-refractivity contribution is 5.03. The van der Waals surface area contributed by atoms with E-state index in [1.807, 2.05) is 13.8 Å². The van der Waals surface area contributed by atoms with E-state index in [1.165, 1.54) is 6.42 Å². The molecular formula is C12H21NO. The number of nitriles is 1. The number of hydrogen-bond donors (Lipinski definition) is 0. The fraction of sp³-hybridized carbons (Fsp3) is 0.917. The minimum absolute atomic E-state index is 0.0751. The molecule has 1 aliphatic rings. The van der Waals surface area contributed by atoms with Gasteiger partial charge in [-0.2, -0.15) is 5.26 Å². The SMILES string of the molecule is CC1CCC(C#N)(CCOC(C)C)C1. The summed E-state index contributed by atoms with van der Waals surface area (Å²) in [4.78, 5) is 0. The van der Waals surface area contributed by atoms with Gasteiger partial charge in [0.25, 0.3) is 0 Å². The molecule has 1 rings (SSSR count). The highest BCUT2D eigenvalue weighted by Crippen LogP contribution is 2.43. The molecule has 0 N–H and O–H groups in total. The van der Waals surface area contributed by atoms with Crippen LogP contribution in [-0.2, 0) is 4.74 Å². The number of hydrogen-bond acceptors (Lipinski definition) is 2. The fourth-order valence-corrected chi connectivity index (χ4v) is 2.27. The molecule has 0 radical (unpaired) electrons. The quantitative estimate of drug-likeness (QED) is 0.690. The Morgan fingerprint density at radius 3 is 2.71 bits per heavy atom. The molecule has 1 fully saturated rings. The third kappa shape index (κ3) is 2.99. The summed E-state index contributed by atoms with van der Waals surface area (Å²) in [7, 11) is 0. The molecule has 0 aromatic rings. The zero-order valence-electron chi connectivity index (χ0n) is 9.55. The fourth-order valence-electron chi connectivity index (χ4n) is 2.27. The minimum atomic E-state index is -0.0751. The van der Waals surface area contributed by atoms with Crippen LogP contribution in [0.25, 0.3) is 0 Å². The molecule has 80 valence electrons. The summed E-state index contributed by atoms with van der Waals surface area (Å²) in [5.41, 5.74) is -0.0751. The zero-order chi connectivity index (χ0) is 10.6. The van der Waals surface area contributed by atoms with Gasteiger partial charge >= 0.3 is 0 Å². The summed E-state index contributed by atoms with van der Waals surface area (Å²) in [5.74, 6) is 0.716. The van der Waals surface area contributed by atoms with E-state index >= 15 is 0 Å². The molecule has 0 aromatic carbocycles. The second-order valence-electron chi connectivity index (χ2n) is 4.91. The van der Waals surface area contributed by atoms with Gasteiger partial charge < -0.3 is 4.74 Å². The molecule has 2 nitrogen and oxygen atoms in total. The first kappa shape index (κ1) is 11.5. The van der Waals surface area contributed by atoms with Crippen molar-refractivity contribution in [3.8, 4) is 6.07 Å². The Hall–Kier alpha value is -0.550. The summed E-state index contributed by atoms with van der Waals surface area (Å²) in [5, 5.41) is 9.19. The summed E-state index contributed by atoms with van der Waals surface area (Å²) in [6, 6.07) is 2.50. The van der Waals surface area contributed by atoms with E-state index < -0.39 is 0 Å². The Balaban J connectivity index is 2.36. The van der Waals surface area contributed by atoms with Crippen molar-refractivity contribution < 1.29 is 4.74 Å². The normalized spacial score (nSPS) is 32.1. The van der Waals surface area contributed by atoms with E-state index in [-0.39, 0.29) is 11.5 Å². The van der Waals surface area contributed by atoms with Crippen LogP contribution in [0.15, 0.2) is 0 Å². The van der Waals surface area contributed by atoms with Crippen LogP contribution in [0, 0.1) is 22.7 Å². The van der Waals surface area contributed by atoms with Gasteiger partial charge in [0, 0.05) is 6.61 Å². The average Bonchev–Trinajstić information content (AvgIpc) is 2.48. The summed E-state index contributed by atoms with van der Waals surface area (Å²) >= 11 is 0. The summed E-state index contributed by atoms with van der Waals surface area (Å²) < 4.78 is 5.51. The number of rotatable bonds is 4. The van der Waals surface area contributed by atoms with Gasteiger partial charge in [-0.25, -0.2) is 0 Å². The molecule has 1 saturated carbocycles. The predicted molar refractivity (Wildman–Crippen MR) is 56.8 cm³/mol. The molecule has 0 aromatic heterocycles. The van der Waals surface area contributed by atoms with Gasteiger partial charge in [-0.15, -0.1) is 0 Å². The maximum absolute atomic E-state index is 9.19. The first-order valence-corrected chi connectivity index (χ1v) is 5.61. The van der Waals surface area contributed by atoms with Gasteiger partial charge in [-0.3, -0.25) is 0 Å². The lowest BCUT2D eigenvalue weighted by molar-refractivity contribution is 0.0607. The van der Waals surface area contributed by atoms with E-state index in [9.17, 15) is 5.26 Å². The lowest BCUT2D eigenvalue weighted by atomic mass is 9.84. The van der Waals surface area contributed by atoms with Gasteiger partial charge in [-0.1, -0.05) is 6.92 Å². The second-order valence-corrected chi connectivity index (χ2v) is 4.91. The molecule has 2 heteroatoms. The lowest BCUT2D eigenvalue weighted by Gasteiger charge is -2.21. The predicted octanol–water partition coefficient (Wildman–Crippen LogP) is 3.13. The molecule has 14 heavy (non-hydrogen) atoms. The largest absolute Gasteiger partial charge is 0.379 e. The molecule has 0 spiro atoms. The maximum atomic E-state index is 9.19. The van der Waals surface area contributed by atoms with Gasteiger partial charge in [-0.05, 0) is 45.4 Å². The lowest BCUT2D eigenvalue weighted by Crippen LogP contribution is -2.18. The van der Waals surface area contributed by atoms with Crippen molar-refractivity contribution in [2.45, 2.75) is 52.6 Å². The van der Waals surface area contributed by atoms with Crippen LogP contribution in [0.1, 0.15) is 46.5 Å². The third-order valence-electron chi connectivity index (χ3n) is 3.12. The first-order valence-electron chi connectivity index (χ1n) is 5.61. The minimum Gasteiger partial charge on any atom is -0.379 e. The first-order chi connectivity index (χ1) is 6.58. The van der Waals surface area contributed by atoms with Crippen LogP contribution in [0.4, 0.5) is 0 Å². The Bertz CT molecular complexity index is 219. The van der Waals surface area contributed by atoms with E-state index in [0.717, 1.165) is 25.9 Å². The van der Waals surface area contributed by atoms with Gasteiger partial charge in [0.2, 0.25) is 0 Å². The van der Waals surface area contributed by atoms with Crippen molar-refractivity contribution in [2.24, 2.45) is 11.3 Å². The van der Waals surface area contributed by atoms with Crippen LogP contribution in [0.2, 0.25) is 0 Å². The molecule has 0 heterocycles. The van der Waals surface area contributed by atoms with Gasteiger partial charge in [0.1, 0.15) is 0 Å². The summed E-state index contributed by atoms with van der Waals surface area (Å²) in [6.45, 7) is 7.05. The molecule has 1 aliphatic carbocycles. The maximum Gasteiger partial charge on any atom is 0.0690 e. The van der Waals surface area contributed by atoms with E-state index in [2.05, 4.69) is 13.0 Å². The molecule has 2 unspecified atom stereocenters. The van der Waals surface area contributed by atoms with Crippen molar-refractivity contribution >= 4 is 0 Å². The molecule has 2 atom stereocenters. The van der Waals surface area contributed by atoms with Crippen molar-refractivity contribution in [1.29, 1.82) is 5.26 Å². The van der Waals surface area contributed by atoms with Gasteiger partial charge in [0.15, 0.2) is 0 Å². The summed E-state index contributed by atoms with van der Waals surface area (Å²) in [6.07, 6.45) is 4.52. The molecule has 0 amide bonds. The molecular weight excluding hydrogens is 174 g/mol. The van der Waals surface area contributed by atoms with E-state index in [4.69, 9.17) is 4.74 Å². The van der Waals surface area contributed by atoms with Gasteiger partial charge in [0.05, 0.1) is 17.6 Å². The Morgan fingerprint density at radius 2 is 2.29 bits per heavy atom. The van der Waals surface area contributed by atoms with Crippen molar-refractivity contribution in [1.82, 2.24) is 0 Å². The van der Waals surface area contributed by atoms with E-state index in [1.54, 1.807) is 0 Å². The van der Waals surface area contributed by atoms with E-state index in [0.29, 0.717) is 5.92 Å². The Labute approximate surface area is 87.3 Å². The highest BCUT2D eigenvalue weighted by Gasteiger charge is 2.37.